The van der Waals surface area contributed by atoms with Crippen LogP contribution in [0.15, 0.2) is 39.9 Å². The van der Waals surface area contributed by atoms with Crippen molar-refractivity contribution in [2.75, 3.05) is 20.3 Å². The molecule has 0 radical (unpaired) electrons. The van der Waals surface area contributed by atoms with Crippen LogP contribution < -0.4 is 5.56 Å². The first-order valence-corrected chi connectivity index (χ1v) is 9.51. The van der Waals surface area contributed by atoms with Crippen molar-refractivity contribution in [3.05, 3.63) is 61.4 Å². The van der Waals surface area contributed by atoms with Gasteiger partial charge in [0.05, 0.1) is 24.9 Å². The van der Waals surface area contributed by atoms with Gasteiger partial charge in [-0.15, -0.1) is 11.3 Å². The molecule has 0 N–H and O–H groups in total. The second-order valence-corrected chi connectivity index (χ2v) is 7.58. The Morgan fingerprint density at radius 1 is 1.27 bits per heavy atom. The van der Waals surface area contributed by atoms with Crippen LogP contribution in [-0.2, 0) is 16.0 Å². The molecule has 0 fully saturated rings. The number of esters is 1. The van der Waals surface area contributed by atoms with E-state index in [9.17, 15) is 9.59 Å². The zero-order chi connectivity index (χ0) is 18.7. The smallest absolute Gasteiger partial charge is 0.348 e. The fraction of sp³-hybridized carbons (Fsp3) is 0.278. The number of methoxy groups -OCH3 is 1. The lowest BCUT2D eigenvalue weighted by molar-refractivity contribution is 0.0393. The van der Waals surface area contributed by atoms with E-state index < -0.39 is 5.97 Å². The lowest BCUT2D eigenvalue weighted by Crippen LogP contribution is -2.21. The molecule has 0 saturated heterocycles. The molecule has 0 unspecified atom stereocenters. The summed E-state index contributed by atoms with van der Waals surface area (Å²) >= 11 is 4.57. The minimum absolute atomic E-state index is 0.164. The largest absolute Gasteiger partial charge is 0.459 e. The third-order valence-corrected chi connectivity index (χ3v) is 5.60. The highest BCUT2D eigenvalue weighted by Gasteiger charge is 2.20. The van der Waals surface area contributed by atoms with Crippen molar-refractivity contribution in [2.45, 2.75) is 13.5 Å². The molecule has 0 spiro atoms. The monoisotopic (exact) mass is 436 g/mol. The van der Waals surface area contributed by atoms with E-state index in [1.165, 1.54) is 24.8 Å². The number of aromatic nitrogens is 2. The van der Waals surface area contributed by atoms with Gasteiger partial charge in [-0.1, -0.05) is 28.1 Å². The highest BCUT2D eigenvalue weighted by atomic mass is 79.9. The van der Waals surface area contributed by atoms with E-state index in [-0.39, 0.29) is 12.2 Å². The van der Waals surface area contributed by atoms with E-state index in [2.05, 4.69) is 20.9 Å². The quantitative estimate of drug-likeness (QED) is 0.437. The molecule has 2 aromatic heterocycles. The molecule has 3 rings (SSSR count). The van der Waals surface area contributed by atoms with E-state index >= 15 is 0 Å². The topological polar surface area (TPSA) is 70.4 Å². The minimum Gasteiger partial charge on any atom is -0.459 e. The van der Waals surface area contributed by atoms with Gasteiger partial charge in [-0.25, -0.2) is 9.78 Å². The number of halogens is 1. The van der Waals surface area contributed by atoms with Crippen LogP contribution in [0.2, 0.25) is 0 Å². The molecule has 26 heavy (non-hydrogen) atoms. The summed E-state index contributed by atoms with van der Waals surface area (Å²) in [5.41, 5.74) is 1.43. The van der Waals surface area contributed by atoms with Gasteiger partial charge >= 0.3 is 5.97 Å². The Morgan fingerprint density at radius 3 is 2.69 bits per heavy atom. The number of hydrogen-bond acceptors (Lipinski definition) is 6. The third-order valence-electron chi connectivity index (χ3n) is 3.89. The van der Waals surface area contributed by atoms with Gasteiger partial charge in [-0.05, 0) is 30.2 Å². The summed E-state index contributed by atoms with van der Waals surface area (Å²) in [4.78, 5) is 30.4. The Morgan fingerprint density at radius 2 is 2.00 bits per heavy atom. The van der Waals surface area contributed by atoms with Crippen LogP contribution in [0.3, 0.4) is 0 Å². The third kappa shape index (κ3) is 3.87. The predicted molar refractivity (Wildman–Crippen MR) is 104 cm³/mol. The maximum Gasteiger partial charge on any atom is 0.348 e. The molecule has 6 nitrogen and oxygen atoms in total. The number of aryl methyl sites for hydroxylation is 1. The number of thiophene rings is 1. The van der Waals surface area contributed by atoms with Gasteiger partial charge in [-0.3, -0.25) is 9.36 Å². The Kier molecular flexibility index (Phi) is 5.85. The lowest BCUT2D eigenvalue weighted by atomic mass is 10.2. The first-order chi connectivity index (χ1) is 12.5. The summed E-state index contributed by atoms with van der Waals surface area (Å²) < 4.78 is 12.6. The van der Waals surface area contributed by atoms with Crippen molar-refractivity contribution in [3.8, 4) is 0 Å². The molecule has 0 aliphatic heterocycles. The zero-order valence-corrected chi connectivity index (χ0v) is 16.7. The van der Waals surface area contributed by atoms with Crippen LogP contribution in [0.25, 0.3) is 10.2 Å². The van der Waals surface area contributed by atoms with Gasteiger partial charge in [0.25, 0.3) is 5.56 Å². The van der Waals surface area contributed by atoms with Crippen molar-refractivity contribution in [2.24, 2.45) is 0 Å². The van der Waals surface area contributed by atoms with E-state index in [0.29, 0.717) is 33.8 Å². The van der Waals surface area contributed by atoms with Crippen molar-refractivity contribution in [1.29, 1.82) is 0 Å². The van der Waals surface area contributed by atoms with E-state index in [1.807, 2.05) is 24.3 Å². The number of carbonyl (C=O) groups is 1. The second-order valence-electron chi connectivity index (χ2n) is 5.67. The van der Waals surface area contributed by atoms with Gasteiger partial charge in [0.2, 0.25) is 0 Å². The van der Waals surface area contributed by atoms with E-state index in [4.69, 9.17) is 9.47 Å². The molecule has 136 valence electrons. The number of fused-ring (bicyclic) bond motifs is 1. The summed E-state index contributed by atoms with van der Waals surface area (Å²) in [6, 6.07) is 7.74. The van der Waals surface area contributed by atoms with Gasteiger partial charge in [0, 0.05) is 11.6 Å². The van der Waals surface area contributed by atoms with Crippen LogP contribution in [0.1, 0.15) is 20.8 Å². The van der Waals surface area contributed by atoms with Crippen molar-refractivity contribution >= 4 is 43.5 Å². The van der Waals surface area contributed by atoms with Crippen molar-refractivity contribution < 1.29 is 14.3 Å². The summed E-state index contributed by atoms with van der Waals surface area (Å²) in [5.74, 6) is -0.457. The minimum atomic E-state index is -0.457. The molecule has 2 heterocycles. The maximum absolute atomic E-state index is 12.9. The maximum atomic E-state index is 12.9. The summed E-state index contributed by atoms with van der Waals surface area (Å²) in [7, 11) is 1.54. The number of nitrogens with zero attached hydrogens (tertiary/aromatic N) is 2. The average molecular weight is 437 g/mol. The van der Waals surface area contributed by atoms with Crippen LogP contribution >= 0.6 is 27.3 Å². The summed E-state index contributed by atoms with van der Waals surface area (Å²) in [6.07, 6.45) is 1.52. The second kappa shape index (κ2) is 8.11. The molecule has 0 bridgehead atoms. The van der Waals surface area contributed by atoms with Crippen molar-refractivity contribution in [1.82, 2.24) is 9.55 Å². The molecule has 0 atom stereocenters. The summed E-state index contributed by atoms with van der Waals surface area (Å²) in [6.45, 7) is 2.66. The standard InChI is InChI=1S/C18H17BrN2O4S/c1-11-14-16(26-15(11)18(23)25-8-7-24-2)20-10-21(17(14)22)9-12-3-5-13(19)6-4-12/h3-6,10H,7-9H2,1-2H3. The molecular weight excluding hydrogens is 420 g/mol. The number of benzene rings is 1. The van der Waals surface area contributed by atoms with Gasteiger partial charge in [-0.2, -0.15) is 0 Å². The normalized spacial score (nSPS) is 11.0. The van der Waals surface area contributed by atoms with Gasteiger partial charge < -0.3 is 9.47 Å². The number of ether oxygens (including phenoxy) is 2. The molecular formula is C18H17BrN2O4S. The fourth-order valence-corrected chi connectivity index (χ4v) is 3.83. The Bertz CT molecular complexity index is 995. The number of carbonyl (C=O) groups excluding carboxylic acids is 1. The van der Waals surface area contributed by atoms with E-state index in [0.717, 1.165) is 10.0 Å². The van der Waals surface area contributed by atoms with Gasteiger partial charge in [0.15, 0.2) is 0 Å². The van der Waals surface area contributed by atoms with E-state index in [1.54, 1.807) is 11.5 Å². The highest BCUT2D eigenvalue weighted by Crippen LogP contribution is 2.27. The Balaban J connectivity index is 1.93. The van der Waals surface area contributed by atoms with Gasteiger partial charge in [0.1, 0.15) is 16.3 Å². The van der Waals surface area contributed by atoms with Crippen LogP contribution in [0.5, 0.6) is 0 Å². The molecule has 0 saturated carbocycles. The SMILES string of the molecule is COCCOC(=O)c1sc2ncn(Cc3ccc(Br)cc3)c(=O)c2c1C. The molecule has 3 aromatic rings. The van der Waals surface area contributed by atoms with Crippen molar-refractivity contribution in [3.63, 3.8) is 0 Å². The lowest BCUT2D eigenvalue weighted by Gasteiger charge is -2.06. The highest BCUT2D eigenvalue weighted by molar-refractivity contribution is 9.10. The average Bonchev–Trinajstić information content (AvgIpc) is 2.97. The Hall–Kier alpha value is -2.03. The number of hydrogen-bond donors (Lipinski definition) is 0. The zero-order valence-electron chi connectivity index (χ0n) is 14.3. The molecule has 0 aliphatic carbocycles. The molecule has 0 aliphatic rings. The molecule has 0 amide bonds. The Labute approximate surface area is 162 Å². The summed E-state index contributed by atoms with van der Waals surface area (Å²) in [5, 5.41) is 0.466. The van der Waals surface area contributed by atoms with Crippen LogP contribution in [-0.4, -0.2) is 35.8 Å². The van der Waals surface area contributed by atoms with Crippen LogP contribution in [0.4, 0.5) is 0 Å². The predicted octanol–water partition coefficient (Wildman–Crippen LogP) is 3.38. The molecule has 1 aromatic carbocycles. The van der Waals surface area contributed by atoms with Crippen LogP contribution in [0, 0.1) is 6.92 Å². The number of rotatable bonds is 6. The fourth-order valence-electron chi connectivity index (χ4n) is 2.54. The first-order valence-electron chi connectivity index (χ1n) is 7.90. The molecule has 8 heteroatoms. The first kappa shape index (κ1) is 18.8.